The number of hydrogen-bond acceptors (Lipinski definition) is 5. The van der Waals surface area contributed by atoms with Crippen LogP contribution in [0.5, 0.6) is 0 Å². The zero-order valence-electron chi connectivity index (χ0n) is 10.3. The highest BCUT2D eigenvalue weighted by Gasteiger charge is 2.08. The summed E-state index contributed by atoms with van der Waals surface area (Å²) in [5.41, 5.74) is 0.986. The third-order valence-electron chi connectivity index (χ3n) is 2.53. The van der Waals surface area contributed by atoms with E-state index in [9.17, 15) is 20.0 Å². The van der Waals surface area contributed by atoms with E-state index in [0.29, 0.717) is 13.0 Å². The summed E-state index contributed by atoms with van der Waals surface area (Å²) in [6.07, 6.45) is -0.545. The Morgan fingerprint density at radius 1 is 1.37 bits per heavy atom. The highest BCUT2D eigenvalue weighted by Crippen LogP contribution is 2.11. The Labute approximate surface area is 110 Å². The van der Waals surface area contributed by atoms with E-state index < -0.39 is 17.0 Å². The molecular formula is C12H16N2O5. The van der Waals surface area contributed by atoms with E-state index in [2.05, 4.69) is 5.32 Å². The molecule has 0 radical (unpaired) electrons. The number of nitrogens with one attached hydrogen (secondary N) is 1. The molecule has 0 saturated carbocycles. The number of carbonyl (C=O) groups is 1. The number of nitrogens with zero attached hydrogens (tertiary/aromatic N) is 1. The van der Waals surface area contributed by atoms with Gasteiger partial charge in [-0.3, -0.25) is 14.9 Å². The third kappa shape index (κ3) is 5.94. The monoisotopic (exact) mass is 268 g/mol. The first-order valence-electron chi connectivity index (χ1n) is 5.83. The molecule has 7 heteroatoms. The number of nitro groups is 1. The van der Waals surface area contributed by atoms with Gasteiger partial charge in [0.05, 0.1) is 17.4 Å². The number of non-ortho nitro benzene ring substituents is 1. The van der Waals surface area contributed by atoms with Crippen LogP contribution < -0.4 is 5.32 Å². The first kappa shape index (κ1) is 15.1. The molecule has 1 aromatic carbocycles. The van der Waals surface area contributed by atoms with E-state index >= 15 is 0 Å². The molecule has 3 N–H and O–H groups in total. The average Bonchev–Trinajstić information content (AvgIpc) is 2.34. The van der Waals surface area contributed by atoms with E-state index in [0.717, 1.165) is 5.56 Å². The van der Waals surface area contributed by atoms with Crippen LogP contribution >= 0.6 is 0 Å². The Morgan fingerprint density at radius 2 is 2.00 bits per heavy atom. The van der Waals surface area contributed by atoms with Gasteiger partial charge in [-0.05, 0) is 18.5 Å². The van der Waals surface area contributed by atoms with Crippen LogP contribution in [0, 0.1) is 10.1 Å². The first-order chi connectivity index (χ1) is 8.99. The molecular weight excluding hydrogens is 252 g/mol. The number of rotatable bonds is 8. The summed E-state index contributed by atoms with van der Waals surface area (Å²) in [5.74, 6) is -1.04. The van der Waals surface area contributed by atoms with Gasteiger partial charge < -0.3 is 15.5 Å². The van der Waals surface area contributed by atoms with E-state index in [4.69, 9.17) is 5.11 Å². The van der Waals surface area contributed by atoms with Crippen molar-refractivity contribution < 1.29 is 19.9 Å². The molecule has 0 aromatic heterocycles. The van der Waals surface area contributed by atoms with Crippen LogP contribution in [0.2, 0.25) is 0 Å². The lowest BCUT2D eigenvalue weighted by Gasteiger charge is -2.09. The molecule has 0 heterocycles. The Bertz CT molecular complexity index is 432. The van der Waals surface area contributed by atoms with Crippen LogP contribution in [0.4, 0.5) is 5.69 Å². The van der Waals surface area contributed by atoms with Crippen molar-refractivity contribution in [3.8, 4) is 0 Å². The summed E-state index contributed by atoms with van der Waals surface area (Å²) >= 11 is 0. The van der Waals surface area contributed by atoms with Gasteiger partial charge in [-0.2, -0.15) is 0 Å². The molecule has 0 amide bonds. The summed E-state index contributed by atoms with van der Waals surface area (Å²) in [6, 6.07) is 6.23. The molecule has 1 rings (SSSR count). The highest BCUT2D eigenvalue weighted by molar-refractivity contribution is 5.67. The van der Waals surface area contributed by atoms with Crippen LogP contribution in [0.3, 0.4) is 0 Å². The number of benzene rings is 1. The normalized spacial score (nSPS) is 12.1. The third-order valence-corrected chi connectivity index (χ3v) is 2.53. The van der Waals surface area contributed by atoms with Crippen LogP contribution in [0.1, 0.15) is 12.0 Å². The van der Waals surface area contributed by atoms with Gasteiger partial charge in [-0.15, -0.1) is 0 Å². The number of aliphatic hydroxyl groups is 1. The van der Waals surface area contributed by atoms with E-state index in [1.807, 2.05) is 0 Å². The maximum absolute atomic E-state index is 10.5. The topological polar surface area (TPSA) is 113 Å². The fourth-order valence-electron chi connectivity index (χ4n) is 1.56. The molecule has 1 unspecified atom stereocenters. The molecule has 0 bridgehead atoms. The lowest BCUT2D eigenvalue weighted by molar-refractivity contribution is -0.384. The molecule has 1 aromatic rings. The Balaban J connectivity index is 2.26. The lowest BCUT2D eigenvalue weighted by Crippen LogP contribution is -2.30. The van der Waals surface area contributed by atoms with E-state index in [1.54, 1.807) is 12.1 Å². The Morgan fingerprint density at radius 3 is 2.53 bits per heavy atom. The van der Waals surface area contributed by atoms with Gasteiger partial charge in [0, 0.05) is 18.7 Å². The van der Waals surface area contributed by atoms with Crippen LogP contribution in [0.25, 0.3) is 0 Å². The maximum Gasteiger partial charge on any atom is 0.306 e. The molecule has 0 aliphatic carbocycles. The fraction of sp³-hybridized carbons (Fsp3) is 0.417. The first-order valence-corrected chi connectivity index (χ1v) is 5.83. The lowest BCUT2D eigenvalue weighted by atomic mass is 10.1. The summed E-state index contributed by atoms with van der Waals surface area (Å²) in [4.78, 5) is 20.3. The van der Waals surface area contributed by atoms with Gasteiger partial charge in [0.15, 0.2) is 0 Å². The minimum absolute atomic E-state index is 0.0496. The van der Waals surface area contributed by atoms with Crippen LogP contribution in [-0.4, -0.2) is 40.3 Å². The average molecular weight is 268 g/mol. The van der Waals surface area contributed by atoms with Crippen LogP contribution in [-0.2, 0) is 11.2 Å². The zero-order chi connectivity index (χ0) is 14.3. The number of nitro benzene ring substituents is 1. The van der Waals surface area contributed by atoms with Gasteiger partial charge in [-0.25, -0.2) is 0 Å². The molecule has 0 saturated heterocycles. The van der Waals surface area contributed by atoms with E-state index in [1.165, 1.54) is 12.1 Å². The fourth-order valence-corrected chi connectivity index (χ4v) is 1.56. The van der Waals surface area contributed by atoms with Crippen molar-refractivity contribution in [1.29, 1.82) is 0 Å². The van der Waals surface area contributed by atoms with Gasteiger partial charge in [0.2, 0.25) is 0 Å². The predicted octanol–water partition coefficient (Wildman–Crippen LogP) is 0.562. The number of hydrogen-bond donors (Lipinski definition) is 3. The molecule has 0 aliphatic heterocycles. The number of aliphatic hydroxyl groups excluding tert-OH is 1. The van der Waals surface area contributed by atoms with Crippen molar-refractivity contribution in [3.63, 3.8) is 0 Å². The number of carboxylic acid groups (broad SMARTS) is 1. The standard InChI is InChI=1S/C12H16N2O5/c15-11(7-12(16)17)8-13-6-5-9-1-3-10(4-2-9)14(18)19/h1-4,11,13,15H,5-8H2,(H,16,17). The number of carboxylic acids is 1. The van der Waals surface area contributed by atoms with Crippen molar-refractivity contribution in [3.05, 3.63) is 39.9 Å². The second kappa shape index (κ2) is 7.45. The van der Waals surface area contributed by atoms with Gasteiger partial charge in [0.1, 0.15) is 0 Å². The zero-order valence-corrected chi connectivity index (χ0v) is 10.3. The van der Waals surface area contributed by atoms with Crippen LogP contribution in [0.15, 0.2) is 24.3 Å². The molecule has 1 atom stereocenters. The minimum atomic E-state index is -1.04. The highest BCUT2D eigenvalue weighted by atomic mass is 16.6. The van der Waals surface area contributed by atoms with Gasteiger partial charge in [-0.1, -0.05) is 12.1 Å². The Hall–Kier alpha value is -1.99. The molecule has 19 heavy (non-hydrogen) atoms. The van der Waals surface area contributed by atoms with Crippen molar-refractivity contribution in [2.24, 2.45) is 0 Å². The Kier molecular flexibility index (Phi) is 5.91. The summed E-state index contributed by atoms with van der Waals surface area (Å²) in [6.45, 7) is 0.772. The number of aliphatic carboxylic acids is 1. The molecule has 0 aliphatic rings. The summed E-state index contributed by atoms with van der Waals surface area (Å²) in [7, 11) is 0. The molecule has 104 valence electrons. The SMILES string of the molecule is O=C(O)CC(O)CNCCc1ccc([N+](=O)[O-])cc1. The summed E-state index contributed by atoms with van der Waals surface area (Å²) in [5, 5.41) is 31.1. The maximum atomic E-state index is 10.5. The summed E-state index contributed by atoms with van der Waals surface area (Å²) < 4.78 is 0. The quantitative estimate of drug-likeness (QED) is 0.361. The van der Waals surface area contributed by atoms with Crippen molar-refractivity contribution in [2.75, 3.05) is 13.1 Å². The molecule has 0 spiro atoms. The second-order valence-electron chi connectivity index (χ2n) is 4.13. The molecule has 0 fully saturated rings. The van der Waals surface area contributed by atoms with E-state index in [-0.39, 0.29) is 18.7 Å². The van der Waals surface area contributed by atoms with Crippen molar-refractivity contribution in [1.82, 2.24) is 5.32 Å². The largest absolute Gasteiger partial charge is 0.481 e. The second-order valence-corrected chi connectivity index (χ2v) is 4.13. The van der Waals surface area contributed by atoms with Crippen molar-refractivity contribution in [2.45, 2.75) is 18.9 Å². The van der Waals surface area contributed by atoms with Crippen molar-refractivity contribution >= 4 is 11.7 Å². The van der Waals surface area contributed by atoms with Gasteiger partial charge >= 0.3 is 5.97 Å². The van der Waals surface area contributed by atoms with Gasteiger partial charge in [0.25, 0.3) is 5.69 Å². The smallest absolute Gasteiger partial charge is 0.306 e. The minimum Gasteiger partial charge on any atom is -0.481 e. The predicted molar refractivity (Wildman–Crippen MR) is 67.9 cm³/mol. The molecule has 7 nitrogen and oxygen atoms in total.